The van der Waals surface area contributed by atoms with E-state index in [-0.39, 0.29) is 11.8 Å². The van der Waals surface area contributed by atoms with Gasteiger partial charge >= 0.3 is 0 Å². The van der Waals surface area contributed by atoms with Crippen molar-refractivity contribution in [2.45, 2.75) is 45.4 Å². The third kappa shape index (κ3) is 4.87. The molecule has 0 bridgehead atoms. The molecule has 3 heteroatoms. The van der Waals surface area contributed by atoms with Gasteiger partial charge in [0.15, 0.2) is 0 Å². The average molecular weight is 232 g/mol. The van der Waals surface area contributed by atoms with E-state index in [2.05, 4.69) is 12.2 Å². The first-order valence-electron chi connectivity index (χ1n) is 6.07. The Balaban J connectivity index is 2.25. The van der Waals surface area contributed by atoms with Crippen LogP contribution in [-0.4, -0.2) is 18.3 Å². The Morgan fingerprint density at radius 1 is 1.33 bits per heavy atom. The maximum atomic E-state index is 11.8. The highest BCUT2D eigenvalue weighted by atomic mass is 35.5. The van der Waals surface area contributed by atoms with Gasteiger partial charge in [0.05, 0.1) is 0 Å². The summed E-state index contributed by atoms with van der Waals surface area (Å²) >= 11 is 5.70. The second kappa shape index (κ2) is 7.10. The van der Waals surface area contributed by atoms with Crippen molar-refractivity contribution >= 4 is 17.5 Å². The number of hydrogen-bond acceptors (Lipinski definition) is 1. The number of amides is 1. The van der Waals surface area contributed by atoms with E-state index in [4.69, 9.17) is 11.6 Å². The minimum Gasteiger partial charge on any atom is -0.356 e. The van der Waals surface area contributed by atoms with Crippen LogP contribution < -0.4 is 5.32 Å². The molecule has 15 heavy (non-hydrogen) atoms. The van der Waals surface area contributed by atoms with Gasteiger partial charge in [0.25, 0.3) is 0 Å². The van der Waals surface area contributed by atoms with Crippen molar-refractivity contribution < 1.29 is 4.79 Å². The lowest BCUT2D eigenvalue weighted by molar-refractivity contribution is -0.125. The number of rotatable bonds is 4. The summed E-state index contributed by atoms with van der Waals surface area (Å²) in [6.45, 7) is 2.78. The molecule has 1 aliphatic rings. The molecule has 0 radical (unpaired) electrons. The minimum absolute atomic E-state index is 0.244. The topological polar surface area (TPSA) is 29.1 Å². The number of alkyl halides is 1. The average Bonchev–Trinajstić information content (AvgIpc) is 2.53. The predicted molar refractivity (Wildman–Crippen MR) is 64.1 cm³/mol. The van der Waals surface area contributed by atoms with Crippen molar-refractivity contribution in [3.63, 3.8) is 0 Å². The quantitative estimate of drug-likeness (QED) is 0.585. The lowest BCUT2D eigenvalue weighted by Gasteiger charge is -2.15. The zero-order valence-corrected chi connectivity index (χ0v) is 10.4. The van der Waals surface area contributed by atoms with E-state index in [9.17, 15) is 4.79 Å². The Morgan fingerprint density at radius 3 is 2.47 bits per heavy atom. The monoisotopic (exact) mass is 231 g/mol. The summed E-state index contributed by atoms with van der Waals surface area (Å²) in [4.78, 5) is 11.8. The number of carbonyl (C=O) groups excluding carboxylic acids is 1. The molecule has 0 aromatic rings. The number of hydrogen-bond donors (Lipinski definition) is 1. The molecule has 0 aliphatic heterocycles. The van der Waals surface area contributed by atoms with Gasteiger partial charge in [0.2, 0.25) is 5.91 Å². The largest absolute Gasteiger partial charge is 0.356 e. The number of carbonyl (C=O) groups is 1. The summed E-state index contributed by atoms with van der Waals surface area (Å²) in [5.41, 5.74) is 0. The summed E-state index contributed by atoms with van der Waals surface area (Å²) in [6.07, 6.45) is 7.15. The van der Waals surface area contributed by atoms with E-state index in [0.717, 1.165) is 19.4 Å². The third-order valence-electron chi connectivity index (χ3n) is 3.11. The zero-order chi connectivity index (χ0) is 11.1. The van der Waals surface area contributed by atoms with Gasteiger partial charge in [0.1, 0.15) is 0 Å². The molecule has 0 saturated heterocycles. The van der Waals surface area contributed by atoms with Gasteiger partial charge in [-0.3, -0.25) is 4.79 Å². The van der Waals surface area contributed by atoms with Crippen LogP contribution in [0.3, 0.4) is 0 Å². The molecule has 0 aromatic carbocycles. The fourth-order valence-corrected chi connectivity index (χ4v) is 2.12. The molecule has 0 heterocycles. The molecular weight excluding hydrogens is 210 g/mol. The van der Waals surface area contributed by atoms with Crippen LogP contribution >= 0.6 is 11.6 Å². The van der Waals surface area contributed by atoms with Crippen LogP contribution in [0.25, 0.3) is 0 Å². The molecule has 1 fully saturated rings. The lowest BCUT2D eigenvalue weighted by atomic mass is 9.99. The smallest absolute Gasteiger partial charge is 0.223 e. The normalized spacial score (nSPS) is 20.7. The van der Waals surface area contributed by atoms with Gasteiger partial charge in [0, 0.05) is 18.3 Å². The van der Waals surface area contributed by atoms with Crippen LogP contribution in [0.4, 0.5) is 0 Å². The fraction of sp³-hybridized carbons (Fsp3) is 0.917. The Morgan fingerprint density at radius 2 is 1.93 bits per heavy atom. The van der Waals surface area contributed by atoms with E-state index >= 15 is 0 Å². The van der Waals surface area contributed by atoms with Crippen molar-refractivity contribution in [1.29, 1.82) is 0 Å². The molecule has 88 valence electrons. The molecule has 1 rings (SSSR count). The number of halogens is 1. The summed E-state index contributed by atoms with van der Waals surface area (Å²) in [5.74, 6) is 1.50. The Hall–Kier alpha value is -0.240. The summed E-state index contributed by atoms with van der Waals surface area (Å²) in [5, 5.41) is 3.01. The Labute approximate surface area is 97.8 Å². The molecule has 1 aliphatic carbocycles. The van der Waals surface area contributed by atoms with Crippen molar-refractivity contribution in [2.75, 3.05) is 12.4 Å². The van der Waals surface area contributed by atoms with Crippen molar-refractivity contribution in [3.05, 3.63) is 0 Å². The molecule has 2 nitrogen and oxygen atoms in total. The van der Waals surface area contributed by atoms with Crippen molar-refractivity contribution in [3.8, 4) is 0 Å². The highest BCUT2D eigenvalue weighted by molar-refractivity contribution is 6.18. The zero-order valence-electron chi connectivity index (χ0n) is 9.60. The molecule has 0 spiro atoms. The molecular formula is C12H22ClNO. The van der Waals surface area contributed by atoms with Crippen molar-refractivity contribution in [1.82, 2.24) is 5.32 Å². The van der Waals surface area contributed by atoms with Crippen LogP contribution in [0.5, 0.6) is 0 Å². The van der Waals surface area contributed by atoms with Crippen LogP contribution in [0.15, 0.2) is 0 Å². The Kier molecular flexibility index (Phi) is 6.07. The number of nitrogens with one attached hydrogen (secondary N) is 1. The first-order valence-corrected chi connectivity index (χ1v) is 6.61. The van der Waals surface area contributed by atoms with E-state index in [1.165, 1.54) is 25.7 Å². The van der Waals surface area contributed by atoms with Gasteiger partial charge in [-0.15, -0.1) is 11.6 Å². The first-order chi connectivity index (χ1) is 7.24. The second-order valence-corrected chi connectivity index (χ2v) is 5.00. The Bertz CT molecular complexity index is 188. The van der Waals surface area contributed by atoms with E-state index in [1.807, 2.05) is 0 Å². The van der Waals surface area contributed by atoms with Crippen LogP contribution in [-0.2, 0) is 4.79 Å². The van der Waals surface area contributed by atoms with E-state index in [1.54, 1.807) is 0 Å². The van der Waals surface area contributed by atoms with Crippen LogP contribution in [0, 0.1) is 11.8 Å². The van der Waals surface area contributed by atoms with Crippen LogP contribution in [0.1, 0.15) is 45.4 Å². The van der Waals surface area contributed by atoms with Gasteiger partial charge < -0.3 is 5.32 Å². The van der Waals surface area contributed by atoms with Gasteiger partial charge in [-0.1, -0.05) is 32.6 Å². The molecule has 1 N–H and O–H groups in total. The van der Waals surface area contributed by atoms with Crippen molar-refractivity contribution in [2.24, 2.45) is 11.8 Å². The van der Waals surface area contributed by atoms with E-state index in [0.29, 0.717) is 11.8 Å². The van der Waals surface area contributed by atoms with Gasteiger partial charge in [-0.05, 0) is 18.8 Å². The third-order valence-corrected chi connectivity index (χ3v) is 3.64. The highest BCUT2D eigenvalue weighted by Gasteiger charge is 2.19. The predicted octanol–water partition coefficient (Wildman–Crippen LogP) is 2.95. The van der Waals surface area contributed by atoms with E-state index < -0.39 is 0 Å². The fourth-order valence-electron chi connectivity index (χ4n) is 2.02. The maximum Gasteiger partial charge on any atom is 0.223 e. The molecule has 1 unspecified atom stereocenters. The standard InChI is InChI=1S/C12H22ClNO/c1-10(8-13)9-14-12(15)11-6-4-2-3-5-7-11/h10-11H,2-9H2,1H3,(H,14,15). The van der Waals surface area contributed by atoms with Gasteiger partial charge in [-0.2, -0.15) is 0 Å². The highest BCUT2D eigenvalue weighted by Crippen LogP contribution is 2.22. The lowest BCUT2D eigenvalue weighted by Crippen LogP contribution is -2.34. The molecule has 1 saturated carbocycles. The summed E-state index contributed by atoms with van der Waals surface area (Å²) in [7, 11) is 0. The second-order valence-electron chi connectivity index (χ2n) is 4.69. The van der Waals surface area contributed by atoms with Crippen LogP contribution in [0.2, 0.25) is 0 Å². The summed E-state index contributed by atoms with van der Waals surface area (Å²) < 4.78 is 0. The first kappa shape index (κ1) is 12.8. The maximum absolute atomic E-state index is 11.8. The van der Waals surface area contributed by atoms with Gasteiger partial charge in [-0.25, -0.2) is 0 Å². The summed E-state index contributed by atoms with van der Waals surface area (Å²) in [6, 6.07) is 0. The molecule has 0 aromatic heterocycles. The molecule has 1 amide bonds. The molecule has 1 atom stereocenters. The minimum atomic E-state index is 0.244. The SMILES string of the molecule is CC(CCl)CNC(=O)C1CCCCCC1.